The van der Waals surface area contributed by atoms with Crippen LogP contribution in [0.5, 0.6) is 0 Å². The number of hydrogen-bond acceptors (Lipinski definition) is 5. The fraction of sp³-hybridized carbons (Fsp3) is 0.500. The van der Waals surface area contributed by atoms with E-state index >= 15 is 0 Å². The average molecular weight is 344 g/mol. The quantitative estimate of drug-likeness (QED) is 0.751. The third kappa shape index (κ3) is 2.59. The van der Waals surface area contributed by atoms with E-state index in [0.29, 0.717) is 6.42 Å². The predicted octanol–water partition coefficient (Wildman–Crippen LogP) is 0.277. The van der Waals surface area contributed by atoms with Crippen molar-refractivity contribution in [2.75, 3.05) is 4.90 Å². The minimum absolute atomic E-state index is 0.0526. The molecule has 0 radical (unpaired) electrons. The highest BCUT2D eigenvalue weighted by Gasteiger charge is 2.44. The van der Waals surface area contributed by atoms with E-state index in [0.717, 1.165) is 29.7 Å². The number of rotatable bonds is 2. The molecule has 0 spiro atoms. The van der Waals surface area contributed by atoms with Crippen LogP contribution in [0.2, 0.25) is 0 Å². The summed E-state index contributed by atoms with van der Waals surface area (Å²) in [5, 5.41) is 12.4. The molecular weight excluding hydrogens is 324 g/mol. The van der Waals surface area contributed by atoms with Gasteiger partial charge in [-0.1, -0.05) is 25.1 Å². The summed E-state index contributed by atoms with van der Waals surface area (Å²) in [6.07, 6.45) is 0.594. The zero-order chi connectivity index (χ0) is 17.7. The molecule has 7 nitrogen and oxygen atoms in total. The van der Waals surface area contributed by atoms with Crippen molar-refractivity contribution >= 4 is 23.5 Å². The second-order valence-electron chi connectivity index (χ2n) is 6.99. The minimum Gasteiger partial charge on any atom is -0.434 e. The topological polar surface area (TPSA) is 95.9 Å². The van der Waals surface area contributed by atoms with E-state index in [4.69, 9.17) is 0 Å². The number of carbonyl (C=O) groups excluding carboxylic acids is 3. The van der Waals surface area contributed by atoms with Crippen LogP contribution in [0.15, 0.2) is 18.2 Å². The van der Waals surface area contributed by atoms with Crippen molar-refractivity contribution in [3.63, 3.8) is 0 Å². The zero-order valence-electron chi connectivity index (χ0n) is 13.9. The summed E-state index contributed by atoms with van der Waals surface area (Å²) in [4.78, 5) is 38.5. The smallest absolute Gasteiger partial charge is 0.310 e. The molecule has 0 bridgehead atoms. The largest absolute Gasteiger partial charge is 0.434 e. The molecule has 3 aliphatic heterocycles. The summed E-state index contributed by atoms with van der Waals surface area (Å²) in [5.74, 6) is -1.13. The van der Waals surface area contributed by atoms with Crippen molar-refractivity contribution < 1.29 is 24.2 Å². The van der Waals surface area contributed by atoms with Crippen LogP contribution in [0.4, 0.5) is 5.69 Å². The average Bonchev–Trinajstić information content (AvgIpc) is 3.08. The molecule has 1 fully saturated rings. The van der Waals surface area contributed by atoms with Gasteiger partial charge in [0.05, 0.1) is 12.1 Å². The summed E-state index contributed by atoms with van der Waals surface area (Å²) in [7, 11) is 0. The van der Waals surface area contributed by atoms with Gasteiger partial charge in [0.1, 0.15) is 12.1 Å². The lowest BCUT2D eigenvalue weighted by atomic mass is 9.99. The number of carbonyl (C=O) groups is 3. The second-order valence-corrected chi connectivity index (χ2v) is 6.99. The summed E-state index contributed by atoms with van der Waals surface area (Å²) >= 11 is 0. The Morgan fingerprint density at radius 2 is 2.04 bits per heavy atom. The van der Waals surface area contributed by atoms with Gasteiger partial charge in [-0.2, -0.15) is 0 Å². The van der Waals surface area contributed by atoms with Crippen LogP contribution in [-0.2, 0) is 32.0 Å². The Kier molecular flexibility index (Phi) is 3.76. The molecular formula is C18H20N2O5. The first kappa shape index (κ1) is 16.1. The maximum absolute atomic E-state index is 12.9. The summed E-state index contributed by atoms with van der Waals surface area (Å²) in [6, 6.07) is 4.47. The molecule has 0 aliphatic carbocycles. The van der Waals surface area contributed by atoms with E-state index in [2.05, 4.69) is 10.1 Å². The number of esters is 1. The van der Waals surface area contributed by atoms with Crippen LogP contribution in [-0.4, -0.2) is 41.3 Å². The number of nitrogens with one attached hydrogen (secondary N) is 1. The lowest BCUT2D eigenvalue weighted by molar-refractivity contribution is -0.155. The van der Waals surface area contributed by atoms with Gasteiger partial charge < -0.3 is 15.2 Å². The Hall–Kier alpha value is -2.41. The molecule has 2 N–H and O–H groups in total. The summed E-state index contributed by atoms with van der Waals surface area (Å²) in [6.45, 7) is 1.88. The number of hydrogen-bond donors (Lipinski definition) is 2. The highest BCUT2D eigenvalue weighted by atomic mass is 16.6. The van der Waals surface area contributed by atoms with Crippen LogP contribution >= 0.6 is 0 Å². The normalized spacial score (nSPS) is 30.7. The van der Waals surface area contributed by atoms with Crippen LogP contribution in [0.3, 0.4) is 0 Å². The van der Waals surface area contributed by atoms with Crippen LogP contribution in [0.25, 0.3) is 0 Å². The van der Waals surface area contributed by atoms with E-state index in [9.17, 15) is 19.5 Å². The first-order chi connectivity index (χ1) is 12.0. The van der Waals surface area contributed by atoms with Crippen molar-refractivity contribution in [1.82, 2.24) is 5.32 Å². The third-order valence-electron chi connectivity index (χ3n) is 5.29. The summed E-state index contributed by atoms with van der Waals surface area (Å²) < 4.78 is 4.66. The number of anilines is 1. The number of para-hydroxylation sites is 1. The van der Waals surface area contributed by atoms with Crippen LogP contribution in [0, 0.1) is 5.92 Å². The van der Waals surface area contributed by atoms with Crippen molar-refractivity contribution in [3.05, 3.63) is 29.3 Å². The molecule has 1 saturated heterocycles. The van der Waals surface area contributed by atoms with Crippen molar-refractivity contribution in [3.8, 4) is 0 Å². The molecule has 7 heteroatoms. The number of ether oxygens (including phenoxy) is 1. The maximum Gasteiger partial charge on any atom is 0.310 e. The summed E-state index contributed by atoms with van der Waals surface area (Å²) in [5.41, 5.74) is 2.93. The number of cyclic esters (lactones) is 1. The van der Waals surface area contributed by atoms with Gasteiger partial charge in [0.2, 0.25) is 18.1 Å². The monoisotopic (exact) mass is 344 g/mol. The number of nitrogens with zero attached hydrogens (tertiary/aromatic N) is 1. The molecule has 4 atom stereocenters. The second kappa shape index (κ2) is 5.84. The fourth-order valence-corrected chi connectivity index (χ4v) is 3.93. The lowest BCUT2D eigenvalue weighted by Gasteiger charge is -2.27. The standard InChI is InChI=1S/C18H20N2O5/c1-9-5-6-10-3-2-4-11-7-13(20(15(10)11)17(9)23)16(22)19-12-8-14(21)25-18(12)24/h2-4,9,12-13,18,24H,5-8H2,1H3,(H,19,22). The Bertz CT molecular complexity index is 762. The SMILES string of the molecule is CC1CCc2cccc3c2N(C1=O)C(C(=O)NC1CC(=O)OC1O)C3. The Labute approximate surface area is 144 Å². The van der Waals surface area contributed by atoms with Gasteiger partial charge in [0, 0.05) is 12.3 Å². The van der Waals surface area contributed by atoms with Gasteiger partial charge in [-0.05, 0) is 24.0 Å². The van der Waals surface area contributed by atoms with Gasteiger partial charge in [-0.25, -0.2) is 0 Å². The van der Waals surface area contributed by atoms with Gasteiger partial charge >= 0.3 is 5.97 Å². The van der Waals surface area contributed by atoms with Crippen molar-refractivity contribution in [2.45, 2.75) is 51.0 Å². The van der Waals surface area contributed by atoms with E-state index in [-0.39, 0.29) is 24.2 Å². The number of aryl methyl sites for hydroxylation is 1. The molecule has 0 aromatic heterocycles. The molecule has 3 heterocycles. The number of amides is 2. The van der Waals surface area contributed by atoms with Crippen molar-refractivity contribution in [2.24, 2.45) is 5.92 Å². The van der Waals surface area contributed by atoms with Gasteiger partial charge in [-0.3, -0.25) is 19.3 Å². The molecule has 3 aliphatic rings. The van der Waals surface area contributed by atoms with Gasteiger partial charge in [-0.15, -0.1) is 0 Å². The predicted molar refractivity (Wildman–Crippen MR) is 87.6 cm³/mol. The minimum atomic E-state index is -1.34. The van der Waals surface area contributed by atoms with Crippen LogP contribution < -0.4 is 10.2 Å². The number of benzene rings is 1. The Morgan fingerprint density at radius 1 is 1.28 bits per heavy atom. The van der Waals surface area contributed by atoms with Gasteiger partial charge in [0.15, 0.2) is 0 Å². The molecule has 4 unspecified atom stereocenters. The van der Waals surface area contributed by atoms with E-state index in [1.165, 1.54) is 0 Å². The van der Waals surface area contributed by atoms with Crippen LogP contribution in [0.1, 0.15) is 30.9 Å². The molecule has 2 amide bonds. The third-order valence-corrected chi connectivity index (χ3v) is 5.29. The van der Waals surface area contributed by atoms with E-state index in [1.54, 1.807) is 4.90 Å². The molecule has 1 aromatic carbocycles. The van der Waals surface area contributed by atoms with Crippen molar-refractivity contribution in [1.29, 1.82) is 0 Å². The first-order valence-corrected chi connectivity index (χ1v) is 8.57. The number of aliphatic hydroxyl groups is 1. The van der Waals surface area contributed by atoms with E-state index < -0.39 is 24.3 Å². The van der Waals surface area contributed by atoms with Gasteiger partial charge in [0.25, 0.3) is 0 Å². The zero-order valence-corrected chi connectivity index (χ0v) is 13.9. The lowest BCUT2D eigenvalue weighted by Crippen LogP contribution is -2.53. The maximum atomic E-state index is 12.9. The fourth-order valence-electron chi connectivity index (χ4n) is 3.93. The molecule has 1 aromatic rings. The number of aliphatic hydroxyl groups excluding tert-OH is 1. The first-order valence-electron chi connectivity index (χ1n) is 8.57. The molecule has 0 saturated carbocycles. The Morgan fingerprint density at radius 3 is 2.76 bits per heavy atom. The van der Waals surface area contributed by atoms with E-state index in [1.807, 2.05) is 25.1 Å². The Balaban J connectivity index is 1.63. The highest BCUT2D eigenvalue weighted by molar-refractivity contribution is 6.05. The molecule has 132 valence electrons. The molecule has 4 rings (SSSR count). The molecule has 25 heavy (non-hydrogen) atoms. The highest BCUT2D eigenvalue weighted by Crippen LogP contribution is 2.40.